The van der Waals surface area contributed by atoms with Crippen LogP contribution in [-0.4, -0.2) is 21.9 Å². The van der Waals surface area contributed by atoms with Gasteiger partial charge >= 0.3 is 0 Å². The number of nitrogens with zero attached hydrogens (tertiary/aromatic N) is 3. The average Bonchev–Trinajstić information content (AvgIpc) is 2.71. The van der Waals surface area contributed by atoms with Gasteiger partial charge in [0.05, 0.1) is 13.7 Å². The van der Waals surface area contributed by atoms with Crippen LogP contribution in [0.15, 0.2) is 24.3 Å². The normalized spacial score (nSPS) is 10.9. The second-order valence-corrected chi connectivity index (χ2v) is 4.76. The Labute approximate surface area is 112 Å². The van der Waals surface area contributed by atoms with E-state index in [2.05, 4.69) is 24.0 Å². The van der Waals surface area contributed by atoms with Gasteiger partial charge in [-0.2, -0.15) is 0 Å². The van der Waals surface area contributed by atoms with Crippen molar-refractivity contribution in [2.24, 2.45) is 0 Å². The fraction of sp³-hybridized carbons (Fsp3) is 0.385. The molecule has 0 bridgehead atoms. The second-order valence-electron chi connectivity index (χ2n) is 4.42. The standard InChI is InChI=1S/C13H16ClN3O/c1-9(2)12-15-16-13(14)17(12)8-10-5-4-6-11(7-10)18-3/h4-7,9H,8H2,1-3H3. The SMILES string of the molecule is COc1cccc(Cn2c(Cl)nnc2C(C)C)c1. The van der Waals surface area contributed by atoms with Crippen LogP contribution >= 0.6 is 11.6 Å². The molecule has 1 aromatic heterocycles. The zero-order chi connectivity index (χ0) is 13.1. The Morgan fingerprint density at radius 3 is 2.78 bits per heavy atom. The van der Waals surface area contributed by atoms with Gasteiger partial charge in [0.25, 0.3) is 0 Å². The van der Waals surface area contributed by atoms with E-state index in [-0.39, 0.29) is 5.92 Å². The van der Waals surface area contributed by atoms with Gasteiger partial charge in [-0.05, 0) is 29.3 Å². The van der Waals surface area contributed by atoms with E-state index in [1.165, 1.54) is 0 Å². The predicted molar refractivity (Wildman–Crippen MR) is 71.2 cm³/mol. The summed E-state index contributed by atoms with van der Waals surface area (Å²) in [6, 6.07) is 7.89. The minimum absolute atomic E-state index is 0.288. The number of hydrogen-bond donors (Lipinski definition) is 0. The summed E-state index contributed by atoms with van der Waals surface area (Å²) in [6.07, 6.45) is 0. The quantitative estimate of drug-likeness (QED) is 0.853. The first kappa shape index (κ1) is 12.9. The molecule has 4 nitrogen and oxygen atoms in total. The molecular formula is C13H16ClN3O. The molecule has 0 radical (unpaired) electrons. The summed E-state index contributed by atoms with van der Waals surface area (Å²) >= 11 is 6.07. The van der Waals surface area contributed by atoms with Crippen LogP contribution in [0.4, 0.5) is 0 Å². The number of ether oxygens (including phenoxy) is 1. The van der Waals surface area contributed by atoms with Gasteiger partial charge in [0.2, 0.25) is 5.28 Å². The third-order valence-corrected chi connectivity index (χ3v) is 3.01. The third-order valence-electron chi connectivity index (χ3n) is 2.73. The zero-order valence-electron chi connectivity index (χ0n) is 10.7. The molecule has 1 aromatic carbocycles. The van der Waals surface area contributed by atoms with Gasteiger partial charge in [-0.25, -0.2) is 0 Å². The number of methoxy groups -OCH3 is 1. The summed E-state index contributed by atoms with van der Waals surface area (Å²) < 4.78 is 7.13. The van der Waals surface area contributed by atoms with E-state index in [1.807, 2.05) is 28.8 Å². The van der Waals surface area contributed by atoms with Crippen molar-refractivity contribution in [1.29, 1.82) is 0 Å². The first-order valence-electron chi connectivity index (χ1n) is 5.83. The molecule has 2 rings (SSSR count). The van der Waals surface area contributed by atoms with E-state index in [9.17, 15) is 0 Å². The van der Waals surface area contributed by atoms with Crippen molar-refractivity contribution >= 4 is 11.6 Å². The topological polar surface area (TPSA) is 39.9 Å². The summed E-state index contributed by atoms with van der Waals surface area (Å²) in [5, 5.41) is 8.45. The van der Waals surface area contributed by atoms with E-state index in [4.69, 9.17) is 16.3 Å². The molecule has 18 heavy (non-hydrogen) atoms. The molecule has 0 unspecified atom stereocenters. The van der Waals surface area contributed by atoms with Crippen LogP contribution in [0, 0.1) is 0 Å². The Hall–Kier alpha value is -1.55. The maximum atomic E-state index is 6.07. The van der Waals surface area contributed by atoms with Gasteiger partial charge in [-0.3, -0.25) is 4.57 Å². The van der Waals surface area contributed by atoms with E-state index in [1.54, 1.807) is 7.11 Å². The van der Waals surface area contributed by atoms with Gasteiger partial charge in [0.1, 0.15) is 11.6 Å². The Kier molecular flexibility index (Phi) is 3.87. The number of benzene rings is 1. The van der Waals surface area contributed by atoms with Crippen LogP contribution in [0.3, 0.4) is 0 Å². The van der Waals surface area contributed by atoms with Crippen molar-refractivity contribution in [3.8, 4) is 5.75 Å². The van der Waals surface area contributed by atoms with Gasteiger partial charge < -0.3 is 4.74 Å². The molecule has 0 aliphatic heterocycles. The lowest BCUT2D eigenvalue weighted by molar-refractivity contribution is 0.414. The molecule has 1 heterocycles. The van der Waals surface area contributed by atoms with Crippen LogP contribution < -0.4 is 4.74 Å². The summed E-state index contributed by atoms with van der Waals surface area (Å²) in [6.45, 7) is 4.79. The molecule has 0 aliphatic rings. The van der Waals surface area contributed by atoms with Crippen LogP contribution in [-0.2, 0) is 6.54 Å². The molecule has 0 spiro atoms. The monoisotopic (exact) mass is 265 g/mol. The highest BCUT2D eigenvalue weighted by atomic mass is 35.5. The Bertz CT molecular complexity index is 537. The lowest BCUT2D eigenvalue weighted by Crippen LogP contribution is -2.07. The highest BCUT2D eigenvalue weighted by molar-refractivity contribution is 6.28. The van der Waals surface area contributed by atoms with E-state index in [0.29, 0.717) is 11.8 Å². The van der Waals surface area contributed by atoms with Gasteiger partial charge in [-0.1, -0.05) is 26.0 Å². The van der Waals surface area contributed by atoms with Crippen LogP contribution in [0.1, 0.15) is 31.2 Å². The molecule has 0 amide bonds. The fourth-order valence-electron chi connectivity index (χ4n) is 1.82. The average molecular weight is 266 g/mol. The van der Waals surface area contributed by atoms with Crippen molar-refractivity contribution in [3.63, 3.8) is 0 Å². The van der Waals surface area contributed by atoms with E-state index in [0.717, 1.165) is 17.1 Å². The van der Waals surface area contributed by atoms with Crippen molar-refractivity contribution in [1.82, 2.24) is 14.8 Å². The maximum Gasteiger partial charge on any atom is 0.225 e. The number of hydrogen-bond acceptors (Lipinski definition) is 3. The predicted octanol–water partition coefficient (Wildman–Crippen LogP) is 3.11. The van der Waals surface area contributed by atoms with Crippen molar-refractivity contribution in [3.05, 3.63) is 40.9 Å². The smallest absolute Gasteiger partial charge is 0.225 e. The number of halogens is 1. The minimum Gasteiger partial charge on any atom is -0.497 e. The third kappa shape index (κ3) is 2.64. The highest BCUT2D eigenvalue weighted by Gasteiger charge is 2.13. The molecule has 0 saturated carbocycles. The fourth-order valence-corrected chi connectivity index (χ4v) is 2.01. The number of rotatable bonds is 4. The molecular weight excluding hydrogens is 250 g/mol. The summed E-state index contributed by atoms with van der Waals surface area (Å²) in [4.78, 5) is 0. The molecule has 0 N–H and O–H groups in total. The first-order valence-corrected chi connectivity index (χ1v) is 6.21. The Balaban J connectivity index is 2.30. The van der Waals surface area contributed by atoms with E-state index >= 15 is 0 Å². The van der Waals surface area contributed by atoms with Crippen molar-refractivity contribution in [2.45, 2.75) is 26.3 Å². The molecule has 0 atom stereocenters. The van der Waals surface area contributed by atoms with Crippen molar-refractivity contribution < 1.29 is 4.74 Å². The largest absolute Gasteiger partial charge is 0.497 e. The van der Waals surface area contributed by atoms with Crippen LogP contribution in [0.25, 0.3) is 0 Å². The van der Waals surface area contributed by atoms with E-state index < -0.39 is 0 Å². The Morgan fingerprint density at radius 1 is 1.33 bits per heavy atom. The molecule has 96 valence electrons. The molecule has 5 heteroatoms. The lowest BCUT2D eigenvalue weighted by atomic mass is 10.2. The van der Waals surface area contributed by atoms with Crippen LogP contribution in [0.5, 0.6) is 5.75 Å². The van der Waals surface area contributed by atoms with Gasteiger partial charge in [-0.15, -0.1) is 10.2 Å². The van der Waals surface area contributed by atoms with Crippen LogP contribution in [0.2, 0.25) is 5.28 Å². The van der Waals surface area contributed by atoms with Gasteiger partial charge in [0, 0.05) is 5.92 Å². The number of aromatic nitrogens is 3. The molecule has 0 saturated heterocycles. The molecule has 2 aromatic rings. The zero-order valence-corrected chi connectivity index (χ0v) is 11.5. The molecule has 0 fully saturated rings. The summed E-state index contributed by atoms with van der Waals surface area (Å²) in [7, 11) is 1.66. The maximum absolute atomic E-state index is 6.07. The van der Waals surface area contributed by atoms with Gasteiger partial charge in [0.15, 0.2) is 0 Å². The van der Waals surface area contributed by atoms with Crippen molar-refractivity contribution in [2.75, 3.05) is 7.11 Å². The minimum atomic E-state index is 0.288. The second kappa shape index (κ2) is 5.40. The Morgan fingerprint density at radius 2 is 2.11 bits per heavy atom. The molecule has 0 aliphatic carbocycles. The first-order chi connectivity index (χ1) is 8.61. The summed E-state index contributed by atoms with van der Waals surface area (Å²) in [5.41, 5.74) is 1.11. The summed E-state index contributed by atoms with van der Waals surface area (Å²) in [5.74, 6) is 2.02. The lowest BCUT2D eigenvalue weighted by Gasteiger charge is -2.10. The highest BCUT2D eigenvalue weighted by Crippen LogP contribution is 2.20.